The number of carbonyl (C=O) groups excluding carboxylic acids is 3. The molecule has 34 heavy (non-hydrogen) atoms. The molecule has 2 aliphatic carbocycles. The number of alkyl halides is 1. The molecule has 8 nitrogen and oxygen atoms in total. The zero-order valence-corrected chi connectivity index (χ0v) is 20.8. The Balaban J connectivity index is 1.57. The molecule has 3 fully saturated rings. The molecule has 0 radical (unpaired) electrons. The molecule has 5 atom stereocenters. The van der Waals surface area contributed by atoms with E-state index in [0.29, 0.717) is 31.7 Å². The van der Waals surface area contributed by atoms with Gasteiger partial charge >= 0.3 is 0 Å². The molecule has 2 heterocycles. The van der Waals surface area contributed by atoms with Crippen LogP contribution in [0.25, 0.3) is 0 Å². The topological polar surface area (TPSA) is 113 Å². The molecule has 0 unspecified atom stereocenters. The quantitative estimate of drug-likeness (QED) is 0.579. The third kappa shape index (κ3) is 4.75. The maximum absolute atomic E-state index is 13.4. The van der Waals surface area contributed by atoms with Crippen LogP contribution in [0.3, 0.4) is 0 Å². The van der Waals surface area contributed by atoms with Crippen molar-refractivity contribution in [3.8, 4) is 0 Å². The van der Waals surface area contributed by atoms with Crippen molar-refractivity contribution < 1.29 is 27.2 Å². The first-order chi connectivity index (χ1) is 16.0. The smallest absolute Gasteiger partial charge is 0.259 e. The van der Waals surface area contributed by atoms with Gasteiger partial charge in [0.15, 0.2) is 0 Å². The van der Waals surface area contributed by atoms with E-state index in [-0.39, 0.29) is 37.0 Å². The minimum absolute atomic E-state index is 0.0580. The minimum Gasteiger partial charge on any atom is -0.339 e. The lowest BCUT2D eigenvalue weighted by atomic mass is 9.91. The van der Waals surface area contributed by atoms with E-state index in [1.165, 1.54) is 0 Å². The molecule has 3 amide bonds. The lowest BCUT2D eigenvalue weighted by Crippen LogP contribution is -2.57. The fraction of sp³-hybridized carbons (Fsp3) is 0.792. The van der Waals surface area contributed by atoms with Crippen molar-refractivity contribution in [2.45, 2.75) is 88.0 Å². The highest BCUT2D eigenvalue weighted by atomic mass is 32.2. The van der Waals surface area contributed by atoms with Gasteiger partial charge in [0.25, 0.3) is 5.91 Å². The van der Waals surface area contributed by atoms with Crippen LogP contribution in [0.4, 0.5) is 4.39 Å². The molecular weight excluding hydrogens is 461 g/mol. The van der Waals surface area contributed by atoms with Gasteiger partial charge in [-0.3, -0.25) is 19.1 Å². The number of halogens is 1. The van der Waals surface area contributed by atoms with Crippen LogP contribution < -0.4 is 10.0 Å². The van der Waals surface area contributed by atoms with Crippen LogP contribution in [0, 0.1) is 17.8 Å². The second kappa shape index (κ2) is 9.24. The summed E-state index contributed by atoms with van der Waals surface area (Å²) in [4.78, 5) is 41.1. The molecule has 4 aliphatic rings. The Hall–Kier alpha value is -1.97. The summed E-state index contributed by atoms with van der Waals surface area (Å²) < 4.78 is 39.3. The molecule has 2 saturated carbocycles. The minimum atomic E-state index is -4.20. The van der Waals surface area contributed by atoms with Gasteiger partial charge in [0.05, 0.1) is 0 Å². The van der Waals surface area contributed by atoms with Crippen LogP contribution in [-0.4, -0.2) is 60.6 Å². The van der Waals surface area contributed by atoms with Gasteiger partial charge < -0.3 is 10.2 Å². The zero-order chi connectivity index (χ0) is 24.7. The molecule has 0 spiro atoms. The van der Waals surface area contributed by atoms with Crippen molar-refractivity contribution >= 4 is 27.7 Å². The van der Waals surface area contributed by atoms with E-state index in [2.05, 4.69) is 23.9 Å². The predicted molar refractivity (Wildman–Crippen MR) is 125 cm³/mol. The summed E-state index contributed by atoms with van der Waals surface area (Å²) in [6, 6.07) is -0.672. The number of amides is 3. The van der Waals surface area contributed by atoms with Gasteiger partial charge in [0, 0.05) is 18.9 Å². The van der Waals surface area contributed by atoms with Crippen molar-refractivity contribution in [2.75, 3.05) is 13.2 Å². The summed E-state index contributed by atoms with van der Waals surface area (Å²) in [7, 11) is -4.20. The normalized spacial score (nSPS) is 36.9. The van der Waals surface area contributed by atoms with E-state index in [9.17, 15) is 27.2 Å². The highest BCUT2D eigenvalue weighted by molar-refractivity contribution is 7.91. The Morgan fingerprint density at radius 1 is 1.24 bits per heavy atom. The van der Waals surface area contributed by atoms with Crippen molar-refractivity contribution in [2.24, 2.45) is 17.8 Å². The molecule has 2 aliphatic heterocycles. The average molecular weight is 498 g/mol. The van der Waals surface area contributed by atoms with E-state index < -0.39 is 44.8 Å². The summed E-state index contributed by atoms with van der Waals surface area (Å²) in [6.07, 6.45) is 8.71. The van der Waals surface area contributed by atoms with Gasteiger partial charge in [-0.25, -0.2) is 12.8 Å². The number of fused-ring (bicyclic) bond motifs is 2. The van der Waals surface area contributed by atoms with Crippen LogP contribution in [0.15, 0.2) is 12.2 Å². The lowest BCUT2D eigenvalue weighted by molar-refractivity contribution is -0.140. The molecule has 0 bridgehead atoms. The number of carbonyl (C=O) groups is 3. The fourth-order valence-electron chi connectivity index (χ4n) is 5.50. The Morgan fingerprint density at radius 3 is 2.65 bits per heavy atom. The maximum atomic E-state index is 13.4. The van der Waals surface area contributed by atoms with Crippen LogP contribution in [0.2, 0.25) is 0 Å². The highest BCUT2D eigenvalue weighted by Crippen LogP contribution is 2.47. The fourth-order valence-corrected chi connectivity index (χ4v) is 6.93. The van der Waals surface area contributed by atoms with Crippen molar-refractivity contribution in [3.05, 3.63) is 12.2 Å². The van der Waals surface area contributed by atoms with Crippen LogP contribution >= 0.6 is 0 Å². The molecule has 0 aromatic carbocycles. The zero-order valence-electron chi connectivity index (χ0n) is 20.0. The van der Waals surface area contributed by atoms with Crippen molar-refractivity contribution in [3.63, 3.8) is 0 Å². The average Bonchev–Trinajstić information content (AvgIpc) is 3.65. The molecule has 0 aromatic heterocycles. The first-order valence-corrected chi connectivity index (χ1v) is 13.9. The number of sulfonamides is 1. The first kappa shape index (κ1) is 25.1. The molecule has 0 aromatic rings. The Labute approximate surface area is 201 Å². The summed E-state index contributed by atoms with van der Waals surface area (Å²) in [5.74, 6) is -1.02. The molecule has 2 N–H and O–H groups in total. The largest absolute Gasteiger partial charge is 0.339 e. The Bertz CT molecular complexity index is 979. The molecular formula is C24H36FN3O5S. The standard InChI is InChI=1S/C24H36FN3O5S/c1-16-6-3-4-7-18-14-24(18,22(31)27-34(32,33)23(15-25)9-10-23)26-21(30)19-8-5-11-28(19)20(29)13-17(2)12-16/h4,7,16-19H,3,5-6,8-15H2,1-2H3,(H,26,30)(H,27,31)/b7-4-/t16-,17-,18-,19+,24-/m1/s1. The van der Waals surface area contributed by atoms with E-state index >= 15 is 0 Å². The Morgan fingerprint density at radius 2 is 1.97 bits per heavy atom. The summed E-state index contributed by atoms with van der Waals surface area (Å²) in [6.45, 7) is 3.67. The number of allylic oxidation sites excluding steroid dienone is 1. The van der Waals surface area contributed by atoms with Crippen molar-refractivity contribution in [1.29, 1.82) is 0 Å². The summed E-state index contributed by atoms with van der Waals surface area (Å²) >= 11 is 0. The van der Waals surface area contributed by atoms with E-state index in [4.69, 9.17) is 0 Å². The molecule has 4 rings (SSSR count). The molecule has 190 valence electrons. The van der Waals surface area contributed by atoms with E-state index in [1.54, 1.807) is 4.90 Å². The van der Waals surface area contributed by atoms with Gasteiger partial charge in [-0.1, -0.05) is 26.0 Å². The van der Waals surface area contributed by atoms with Crippen LogP contribution in [0.1, 0.15) is 71.6 Å². The van der Waals surface area contributed by atoms with Crippen LogP contribution in [0.5, 0.6) is 0 Å². The first-order valence-electron chi connectivity index (χ1n) is 12.4. The Kier molecular flexibility index (Phi) is 6.83. The summed E-state index contributed by atoms with van der Waals surface area (Å²) in [5.41, 5.74) is -1.40. The second-order valence-electron chi connectivity index (χ2n) is 10.9. The van der Waals surface area contributed by atoms with Gasteiger partial charge in [0.2, 0.25) is 21.8 Å². The molecule has 10 heteroatoms. The number of nitrogens with zero attached hydrogens (tertiary/aromatic N) is 1. The number of hydrogen-bond donors (Lipinski definition) is 2. The second-order valence-corrected chi connectivity index (χ2v) is 13.0. The number of hydrogen-bond acceptors (Lipinski definition) is 5. The van der Waals surface area contributed by atoms with Gasteiger partial charge in [-0.2, -0.15) is 0 Å². The van der Waals surface area contributed by atoms with Gasteiger partial charge in [0.1, 0.15) is 23.0 Å². The van der Waals surface area contributed by atoms with E-state index in [0.717, 1.165) is 19.3 Å². The molecule has 1 saturated heterocycles. The lowest BCUT2D eigenvalue weighted by Gasteiger charge is -2.28. The number of nitrogens with one attached hydrogen (secondary N) is 2. The summed E-state index contributed by atoms with van der Waals surface area (Å²) in [5, 5.41) is 2.81. The third-order valence-electron chi connectivity index (χ3n) is 8.01. The number of rotatable bonds is 4. The van der Waals surface area contributed by atoms with Crippen molar-refractivity contribution in [1.82, 2.24) is 14.9 Å². The van der Waals surface area contributed by atoms with E-state index in [1.807, 2.05) is 12.2 Å². The van der Waals surface area contributed by atoms with Gasteiger partial charge in [-0.15, -0.1) is 0 Å². The highest BCUT2D eigenvalue weighted by Gasteiger charge is 2.63. The maximum Gasteiger partial charge on any atom is 0.259 e. The van der Waals surface area contributed by atoms with Crippen LogP contribution in [-0.2, 0) is 24.4 Å². The van der Waals surface area contributed by atoms with Gasteiger partial charge in [-0.05, 0) is 63.2 Å². The third-order valence-corrected chi connectivity index (χ3v) is 10.1. The predicted octanol–water partition coefficient (Wildman–Crippen LogP) is 2.20. The monoisotopic (exact) mass is 497 g/mol. The SMILES string of the molecule is C[C@@H]1CC/C=C\[C@@H]2C[C@@]2(C(=O)NS(=O)(=O)C2(CF)CC2)NC(=O)[C@@H]2CCCN2C(=O)C[C@H](C)C1.